The van der Waals surface area contributed by atoms with Crippen LogP contribution in [-0.2, 0) is 5.41 Å². The number of H-pyrrole nitrogens is 1. The number of rotatable bonds is 3. The molecule has 2 aromatic carbocycles. The lowest BCUT2D eigenvalue weighted by Gasteiger charge is -2.40. The van der Waals surface area contributed by atoms with E-state index in [2.05, 4.69) is 29.6 Å². The molecule has 1 heterocycles. The Labute approximate surface area is 174 Å². The summed E-state index contributed by atoms with van der Waals surface area (Å²) in [6, 6.07) is 16.1. The van der Waals surface area contributed by atoms with Gasteiger partial charge in [-0.05, 0) is 42.0 Å². The fourth-order valence-corrected chi connectivity index (χ4v) is 4.24. The number of aromatic amines is 1. The van der Waals surface area contributed by atoms with Crippen LogP contribution in [0.25, 0.3) is 5.69 Å². The molecule has 1 aliphatic rings. The molecule has 3 aromatic rings. The summed E-state index contributed by atoms with van der Waals surface area (Å²) >= 11 is 0. The minimum Gasteiger partial charge on any atom is -0.391 e. The number of benzene rings is 2. The molecule has 30 heavy (non-hydrogen) atoms. The molecule has 2 amide bonds. The molecular weight excluding hydrogens is 380 g/mol. The predicted octanol–water partition coefficient (Wildman–Crippen LogP) is 3.38. The van der Waals surface area contributed by atoms with E-state index in [9.17, 15) is 14.7 Å². The van der Waals surface area contributed by atoms with Crippen molar-refractivity contribution in [1.82, 2.24) is 15.1 Å². The van der Waals surface area contributed by atoms with Gasteiger partial charge in [0.2, 0.25) is 0 Å². The third kappa shape index (κ3) is 3.52. The van der Waals surface area contributed by atoms with Gasteiger partial charge in [-0.25, -0.2) is 9.48 Å². The van der Waals surface area contributed by atoms with Crippen LogP contribution in [0.2, 0.25) is 0 Å². The topological polar surface area (TPSA) is 99.1 Å². The SMILES string of the molecule is Cc1c(NC(=O)NC2c3ccccc3C(C)(C)CC2O)n(-c2ccccc2)[nH]c1=O. The molecule has 4 rings (SSSR count). The second-order valence-corrected chi connectivity index (χ2v) is 8.40. The van der Waals surface area contributed by atoms with Crippen LogP contribution in [0, 0.1) is 6.92 Å². The minimum absolute atomic E-state index is 0.185. The number of amides is 2. The Bertz CT molecular complexity index is 1130. The van der Waals surface area contributed by atoms with Gasteiger partial charge >= 0.3 is 6.03 Å². The van der Waals surface area contributed by atoms with Crippen LogP contribution in [0.1, 0.15) is 43.0 Å². The Hall–Kier alpha value is -3.32. The van der Waals surface area contributed by atoms with E-state index >= 15 is 0 Å². The molecule has 0 saturated heterocycles. The van der Waals surface area contributed by atoms with E-state index in [0.717, 1.165) is 16.8 Å². The average Bonchev–Trinajstić information content (AvgIpc) is 3.00. The van der Waals surface area contributed by atoms with Crippen molar-refractivity contribution in [3.63, 3.8) is 0 Å². The highest BCUT2D eigenvalue weighted by atomic mass is 16.3. The van der Waals surface area contributed by atoms with E-state index in [0.29, 0.717) is 17.8 Å². The molecule has 2 unspecified atom stereocenters. The summed E-state index contributed by atoms with van der Waals surface area (Å²) in [5.74, 6) is 0.364. The van der Waals surface area contributed by atoms with E-state index in [1.807, 2.05) is 54.6 Å². The van der Waals surface area contributed by atoms with Crippen molar-refractivity contribution in [1.29, 1.82) is 0 Å². The summed E-state index contributed by atoms with van der Waals surface area (Å²) in [7, 11) is 0. The summed E-state index contributed by atoms with van der Waals surface area (Å²) in [4.78, 5) is 25.1. The zero-order chi connectivity index (χ0) is 21.5. The minimum atomic E-state index is -0.718. The number of carbonyl (C=O) groups is 1. The van der Waals surface area contributed by atoms with E-state index in [4.69, 9.17) is 0 Å². The first-order valence-corrected chi connectivity index (χ1v) is 10.00. The van der Waals surface area contributed by atoms with Crippen LogP contribution in [0.4, 0.5) is 10.6 Å². The molecule has 0 saturated carbocycles. The van der Waals surface area contributed by atoms with Crippen molar-refractivity contribution in [2.75, 3.05) is 5.32 Å². The van der Waals surface area contributed by atoms with Crippen molar-refractivity contribution < 1.29 is 9.90 Å². The number of para-hydroxylation sites is 1. The maximum atomic E-state index is 12.9. The highest BCUT2D eigenvalue weighted by Crippen LogP contribution is 2.41. The van der Waals surface area contributed by atoms with Gasteiger partial charge in [-0.1, -0.05) is 56.3 Å². The number of aromatic nitrogens is 2. The zero-order valence-corrected chi connectivity index (χ0v) is 17.3. The Balaban J connectivity index is 1.62. The average molecular weight is 406 g/mol. The number of hydrogen-bond acceptors (Lipinski definition) is 3. The van der Waals surface area contributed by atoms with Crippen LogP contribution in [-0.4, -0.2) is 27.0 Å². The molecule has 0 aliphatic heterocycles. The van der Waals surface area contributed by atoms with Gasteiger partial charge < -0.3 is 10.4 Å². The molecule has 0 spiro atoms. The number of nitrogens with one attached hydrogen (secondary N) is 3. The van der Waals surface area contributed by atoms with Crippen molar-refractivity contribution in [2.24, 2.45) is 0 Å². The summed E-state index contributed by atoms with van der Waals surface area (Å²) in [6.45, 7) is 5.83. The first-order chi connectivity index (χ1) is 14.3. The van der Waals surface area contributed by atoms with Crippen LogP contribution in [0.3, 0.4) is 0 Å². The van der Waals surface area contributed by atoms with Gasteiger partial charge in [0.25, 0.3) is 5.56 Å². The summed E-state index contributed by atoms with van der Waals surface area (Å²) in [5.41, 5.74) is 2.68. The van der Waals surface area contributed by atoms with E-state index in [1.54, 1.807) is 11.6 Å². The lowest BCUT2D eigenvalue weighted by atomic mass is 9.70. The summed E-state index contributed by atoms with van der Waals surface area (Å²) in [5, 5.41) is 19.2. The largest absolute Gasteiger partial charge is 0.391 e. The van der Waals surface area contributed by atoms with Crippen LogP contribution in [0.15, 0.2) is 59.4 Å². The maximum absolute atomic E-state index is 12.9. The van der Waals surface area contributed by atoms with Gasteiger partial charge in [-0.3, -0.25) is 15.2 Å². The monoisotopic (exact) mass is 406 g/mol. The molecule has 0 radical (unpaired) electrons. The van der Waals surface area contributed by atoms with E-state index in [1.165, 1.54) is 0 Å². The summed E-state index contributed by atoms with van der Waals surface area (Å²) < 4.78 is 1.55. The van der Waals surface area contributed by atoms with Crippen molar-refractivity contribution >= 4 is 11.8 Å². The number of hydrogen-bond donors (Lipinski definition) is 4. The van der Waals surface area contributed by atoms with Crippen LogP contribution < -0.4 is 16.2 Å². The normalized spacial score (nSPS) is 19.7. The second kappa shape index (κ2) is 7.50. The summed E-state index contributed by atoms with van der Waals surface area (Å²) in [6.07, 6.45) is -0.184. The fourth-order valence-electron chi connectivity index (χ4n) is 4.24. The second-order valence-electron chi connectivity index (χ2n) is 8.40. The standard InChI is InChI=1S/C23H26N4O3/c1-14-20(27(26-21(14)29)15-9-5-4-6-10-15)25-22(30)24-19-16-11-7-8-12-17(16)23(2,3)13-18(19)28/h4-12,18-19,28H,13H2,1-3H3,(H,26,29)(H2,24,25,30). The quantitative estimate of drug-likeness (QED) is 0.537. The van der Waals surface area contributed by atoms with Crippen molar-refractivity contribution in [2.45, 2.75) is 44.8 Å². The number of aliphatic hydroxyl groups excluding tert-OH is 1. The third-order valence-electron chi connectivity index (χ3n) is 5.79. The Morgan fingerprint density at radius 1 is 1.13 bits per heavy atom. The molecular formula is C23H26N4O3. The predicted molar refractivity (Wildman–Crippen MR) is 116 cm³/mol. The Morgan fingerprint density at radius 2 is 1.80 bits per heavy atom. The number of fused-ring (bicyclic) bond motifs is 1. The van der Waals surface area contributed by atoms with Gasteiger partial charge in [0, 0.05) is 0 Å². The van der Waals surface area contributed by atoms with Gasteiger partial charge in [0.15, 0.2) is 0 Å². The number of urea groups is 1. The molecule has 2 atom stereocenters. The Kier molecular flexibility index (Phi) is 4.99. The molecule has 7 nitrogen and oxygen atoms in total. The molecule has 4 N–H and O–H groups in total. The van der Waals surface area contributed by atoms with Gasteiger partial charge in [-0.2, -0.15) is 0 Å². The van der Waals surface area contributed by atoms with Crippen LogP contribution >= 0.6 is 0 Å². The first kappa shape index (κ1) is 20.0. The zero-order valence-electron chi connectivity index (χ0n) is 17.3. The molecule has 1 aromatic heterocycles. The highest BCUT2D eigenvalue weighted by molar-refractivity contribution is 5.89. The third-order valence-corrected chi connectivity index (χ3v) is 5.79. The number of carbonyl (C=O) groups excluding carboxylic acids is 1. The lowest BCUT2D eigenvalue weighted by molar-refractivity contribution is 0.0883. The van der Waals surface area contributed by atoms with Gasteiger partial charge in [0.05, 0.1) is 23.4 Å². The van der Waals surface area contributed by atoms with Gasteiger partial charge in [-0.15, -0.1) is 0 Å². The number of anilines is 1. The van der Waals surface area contributed by atoms with Crippen LogP contribution in [0.5, 0.6) is 0 Å². The molecule has 0 fully saturated rings. The maximum Gasteiger partial charge on any atom is 0.320 e. The lowest BCUT2D eigenvalue weighted by Crippen LogP contribution is -2.45. The van der Waals surface area contributed by atoms with Crippen molar-refractivity contribution in [3.8, 4) is 5.69 Å². The molecule has 7 heteroatoms. The van der Waals surface area contributed by atoms with E-state index < -0.39 is 18.2 Å². The van der Waals surface area contributed by atoms with E-state index in [-0.39, 0.29) is 11.0 Å². The first-order valence-electron chi connectivity index (χ1n) is 10.00. The highest BCUT2D eigenvalue weighted by Gasteiger charge is 2.39. The van der Waals surface area contributed by atoms with Gasteiger partial charge in [0.1, 0.15) is 5.82 Å². The molecule has 1 aliphatic carbocycles. The number of aliphatic hydroxyl groups is 1. The number of nitrogens with zero attached hydrogens (tertiary/aromatic N) is 1. The molecule has 156 valence electrons. The van der Waals surface area contributed by atoms with Crippen molar-refractivity contribution in [3.05, 3.63) is 81.6 Å². The smallest absolute Gasteiger partial charge is 0.320 e. The Morgan fingerprint density at radius 3 is 2.53 bits per heavy atom. The fraction of sp³-hybridized carbons (Fsp3) is 0.304. The molecule has 0 bridgehead atoms.